The van der Waals surface area contributed by atoms with Gasteiger partial charge in [0.2, 0.25) is 0 Å². The number of amides is 1. The molecular weight excluding hydrogens is 284 g/mol. The fourth-order valence-corrected chi connectivity index (χ4v) is 3.05. The van der Waals surface area contributed by atoms with Gasteiger partial charge in [0.05, 0.1) is 0 Å². The number of nitrogens with zero attached hydrogens (tertiary/aromatic N) is 2. The van der Waals surface area contributed by atoms with Gasteiger partial charge in [-0.2, -0.15) is 0 Å². The summed E-state index contributed by atoms with van der Waals surface area (Å²) in [5, 5.41) is 0. The smallest absolute Gasteiger partial charge is 0.254 e. The number of carbonyl (C=O) groups excluding carboxylic acids is 1. The molecule has 0 spiro atoms. The van der Waals surface area contributed by atoms with Crippen LogP contribution in [0.15, 0.2) is 24.3 Å². The number of hydrogen-bond acceptors (Lipinski definition) is 2. The summed E-state index contributed by atoms with van der Waals surface area (Å²) < 4.78 is 0. The first-order valence-electron chi connectivity index (χ1n) is 7.72. The summed E-state index contributed by atoms with van der Waals surface area (Å²) >= 11 is 5.81. The monoisotopic (exact) mass is 308 g/mol. The van der Waals surface area contributed by atoms with Crippen LogP contribution < -0.4 is 0 Å². The van der Waals surface area contributed by atoms with Crippen molar-refractivity contribution in [1.82, 2.24) is 9.80 Å². The molecule has 1 aromatic rings. The van der Waals surface area contributed by atoms with E-state index >= 15 is 0 Å². The molecule has 0 aliphatic heterocycles. The van der Waals surface area contributed by atoms with E-state index in [1.165, 1.54) is 12.8 Å². The molecule has 1 aromatic carbocycles. The minimum atomic E-state index is 0.157. The molecule has 1 saturated carbocycles. The van der Waals surface area contributed by atoms with Gasteiger partial charge in [-0.05, 0) is 44.6 Å². The maximum Gasteiger partial charge on any atom is 0.254 e. The van der Waals surface area contributed by atoms with Gasteiger partial charge in [0.15, 0.2) is 0 Å². The molecule has 0 unspecified atom stereocenters. The number of likely N-dealkylation sites (N-methyl/N-ethyl adjacent to an activating group) is 1. The third-order valence-electron chi connectivity index (χ3n) is 4.17. The molecule has 0 bridgehead atoms. The Labute approximate surface area is 132 Å². The quantitative estimate of drug-likeness (QED) is 0.752. The van der Waals surface area contributed by atoms with Crippen LogP contribution in [0.4, 0.5) is 0 Å². The van der Waals surface area contributed by atoms with E-state index in [0.29, 0.717) is 11.9 Å². The number of halogens is 1. The highest BCUT2D eigenvalue weighted by molar-refractivity contribution is 6.17. The topological polar surface area (TPSA) is 23.6 Å². The fraction of sp³-hybridized carbons (Fsp3) is 0.588. The molecule has 3 nitrogen and oxygen atoms in total. The van der Waals surface area contributed by atoms with E-state index < -0.39 is 0 Å². The Hall–Kier alpha value is -1.06. The normalized spacial score (nSPS) is 15.6. The summed E-state index contributed by atoms with van der Waals surface area (Å²) in [4.78, 5) is 17.0. The van der Waals surface area contributed by atoms with Gasteiger partial charge in [-0.3, -0.25) is 4.79 Å². The predicted octanol–water partition coefficient (Wildman–Crippen LogP) is 3.37. The Balaban J connectivity index is 2.11. The lowest BCUT2D eigenvalue weighted by atomic mass is 10.1. The van der Waals surface area contributed by atoms with Gasteiger partial charge >= 0.3 is 0 Å². The van der Waals surface area contributed by atoms with Crippen LogP contribution in [0.25, 0.3) is 0 Å². The van der Waals surface area contributed by atoms with Crippen molar-refractivity contribution in [1.29, 1.82) is 0 Å². The van der Waals surface area contributed by atoms with Crippen molar-refractivity contribution in [2.45, 2.75) is 37.6 Å². The van der Waals surface area contributed by atoms with Gasteiger partial charge < -0.3 is 9.80 Å². The molecule has 21 heavy (non-hydrogen) atoms. The van der Waals surface area contributed by atoms with Crippen molar-refractivity contribution in [3.8, 4) is 0 Å². The highest BCUT2D eigenvalue weighted by atomic mass is 35.5. The standard InChI is InChI=1S/C17H25ClN2O/c1-19(2)11-12-20(16-5-3-4-6-16)17(21)15-9-7-14(13-18)8-10-15/h7-10,16H,3-6,11-13H2,1-2H3. The van der Waals surface area contributed by atoms with Crippen molar-refractivity contribution in [3.05, 3.63) is 35.4 Å². The van der Waals surface area contributed by atoms with Crippen LogP contribution in [0, 0.1) is 0 Å². The highest BCUT2D eigenvalue weighted by Crippen LogP contribution is 2.25. The number of benzene rings is 1. The Bertz CT molecular complexity index is 452. The maximum atomic E-state index is 12.8. The SMILES string of the molecule is CN(C)CCN(C(=O)c1ccc(CCl)cc1)C1CCCC1. The summed E-state index contributed by atoms with van der Waals surface area (Å²) in [6.07, 6.45) is 4.75. The van der Waals surface area contributed by atoms with Crippen LogP contribution in [-0.4, -0.2) is 48.9 Å². The van der Waals surface area contributed by atoms with Crippen LogP contribution in [0.5, 0.6) is 0 Å². The van der Waals surface area contributed by atoms with E-state index in [4.69, 9.17) is 11.6 Å². The molecule has 1 amide bonds. The average molecular weight is 309 g/mol. The molecule has 0 saturated heterocycles. The van der Waals surface area contributed by atoms with Crippen LogP contribution >= 0.6 is 11.6 Å². The third-order valence-corrected chi connectivity index (χ3v) is 4.48. The van der Waals surface area contributed by atoms with E-state index in [-0.39, 0.29) is 5.91 Å². The molecule has 0 atom stereocenters. The summed E-state index contributed by atoms with van der Waals surface area (Å²) in [5.74, 6) is 0.645. The molecular formula is C17H25ClN2O. The number of hydrogen-bond donors (Lipinski definition) is 0. The lowest BCUT2D eigenvalue weighted by Gasteiger charge is -2.30. The van der Waals surface area contributed by atoms with Crippen molar-refractivity contribution in [3.63, 3.8) is 0 Å². The molecule has 1 aliphatic rings. The minimum absolute atomic E-state index is 0.157. The number of carbonyl (C=O) groups is 1. The Morgan fingerprint density at radius 3 is 2.29 bits per heavy atom. The van der Waals surface area contributed by atoms with E-state index in [2.05, 4.69) is 9.80 Å². The first kappa shape index (κ1) is 16.3. The Kier molecular flexibility index (Phi) is 6.07. The molecule has 116 valence electrons. The second-order valence-corrected chi connectivity index (χ2v) is 6.34. The van der Waals surface area contributed by atoms with E-state index in [1.54, 1.807) is 0 Å². The second kappa shape index (κ2) is 7.81. The lowest BCUT2D eigenvalue weighted by molar-refractivity contribution is 0.0667. The van der Waals surface area contributed by atoms with Crippen molar-refractivity contribution >= 4 is 17.5 Å². The van der Waals surface area contributed by atoms with E-state index in [0.717, 1.165) is 37.1 Å². The van der Waals surface area contributed by atoms with Gasteiger partial charge in [0.25, 0.3) is 5.91 Å². The highest BCUT2D eigenvalue weighted by Gasteiger charge is 2.27. The number of rotatable bonds is 6. The van der Waals surface area contributed by atoms with Crippen LogP contribution in [0.3, 0.4) is 0 Å². The van der Waals surface area contributed by atoms with Crippen LogP contribution in [0.1, 0.15) is 41.6 Å². The summed E-state index contributed by atoms with van der Waals surface area (Å²) in [7, 11) is 4.10. The lowest BCUT2D eigenvalue weighted by Crippen LogP contribution is -2.42. The summed E-state index contributed by atoms with van der Waals surface area (Å²) in [5.41, 5.74) is 1.82. The molecule has 2 rings (SSSR count). The number of alkyl halides is 1. The van der Waals surface area contributed by atoms with Crippen LogP contribution in [-0.2, 0) is 5.88 Å². The zero-order valence-corrected chi connectivity index (χ0v) is 13.8. The van der Waals surface area contributed by atoms with E-state index in [1.807, 2.05) is 38.4 Å². The van der Waals surface area contributed by atoms with Crippen LogP contribution in [0.2, 0.25) is 0 Å². The molecule has 1 fully saturated rings. The third kappa shape index (κ3) is 4.45. The van der Waals surface area contributed by atoms with Crippen molar-refractivity contribution in [2.75, 3.05) is 27.2 Å². The molecule has 4 heteroatoms. The zero-order chi connectivity index (χ0) is 15.2. The first-order valence-corrected chi connectivity index (χ1v) is 8.26. The van der Waals surface area contributed by atoms with E-state index in [9.17, 15) is 4.79 Å². The molecule has 0 radical (unpaired) electrons. The zero-order valence-electron chi connectivity index (χ0n) is 13.0. The average Bonchev–Trinajstić information content (AvgIpc) is 3.01. The molecule has 0 N–H and O–H groups in total. The molecule has 0 heterocycles. The Morgan fingerprint density at radius 2 is 1.76 bits per heavy atom. The van der Waals surface area contributed by atoms with Crippen molar-refractivity contribution < 1.29 is 4.79 Å². The minimum Gasteiger partial charge on any atom is -0.334 e. The Morgan fingerprint density at radius 1 is 1.14 bits per heavy atom. The summed E-state index contributed by atoms with van der Waals surface area (Å²) in [6.45, 7) is 1.70. The fourth-order valence-electron chi connectivity index (χ4n) is 2.88. The van der Waals surface area contributed by atoms with Gasteiger partial charge in [-0.15, -0.1) is 11.6 Å². The predicted molar refractivity (Wildman–Crippen MR) is 87.8 cm³/mol. The molecule has 0 aromatic heterocycles. The largest absolute Gasteiger partial charge is 0.334 e. The van der Waals surface area contributed by atoms with Gasteiger partial charge in [-0.25, -0.2) is 0 Å². The summed E-state index contributed by atoms with van der Waals surface area (Å²) in [6, 6.07) is 8.10. The van der Waals surface area contributed by atoms with Crippen molar-refractivity contribution in [2.24, 2.45) is 0 Å². The van der Waals surface area contributed by atoms with Gasteiger partial charge in [0.1, 0.15) is 0 Å². The van der Waals surface area contributed by atoms with Gasteiger partial charge in [0, 0.05) is 30.6 Å². The molecule has 1 aliphatic carbocycles. The second-order valence-electron chi connectivity index (χ2n) is 6.07. The van der Waals surface area contributed by atoms with Gasteiger partial charge in [-0.1, -0.05) is 25.0 Å². The first-order chi connectivity index (χ1) is 10.1. The maximum absolute atomic E-state index is 12.8.